The average molecular weight is 234 g/mol. The molecule has 0 aromatic carbocycles. The predicted octanol–water partition coefficient (Wildman–Crippen LogP) is 1.21. The van der Waals surface area contributed by atoms with Gasteiger partial charge >= 0.3 is 0 Å². The Bertz CT molecular complexity index is 382. The van der Waals surface area contributed by atoms with Crippen molar-refractivity contribution in [1.29, 1.82) is 0 Å². The summed E-state index contributed by atoms with van der Waals surface area (Å²) >= 11 is 0. The van der Waals surface area contributed by atoms with Gasteiger partial charge in [-0.2, -0.15) is 0 Å². The largest absolute Gasteiger partial charge is 0.349 e. The van der Waals surface area contributed by atoms with Crippen LogP contribution < -0.4 is 10.2 Å². The van der Waals surface area contributed by atoms with Crippen LogP contribution in [0.3, 0.4) is 0 Å². The maximum absolute atomic E-state index is 11.7. The number of aromatic nitrogens is 2. The van der Waals surface area contributed by atoms with Crippen LogP contribution in [0.5, 0.6) is 0 Å². The molecule has 0 unspecified atom stereocenters. The Morgan fingerprint density at radius 3 is 2.41 bits per heavy atom. The molecule has 1 aromatic heterocycles. The Morgan fingerprint density at radius 2 is 1.94 bits per heavy atom. The smallest absolute Gasteiger partial charge is 0.254 e. The molecule has 0 spiro atoms. The number of hydrogen-bond acceptors (Lipinski definition) is 4. The van der Waals surface area contributed by atoms with Crippen molar-refractivity contribution in [1.82, 2.24) is 15.3 Å². The molecule has 0 bridgehead atoms. The first-order valence-corrected chi connectivity index (χ1v) is 6.12. The summed E-state index contributed by atoms with van der Waals surface area (Å²) in [6.07, 6.45) is 5.37. The van der Waals surface area contributed by atoms with E-state index in [4.69, 9.17) is 0 Å². The molecule has 1 aliphatic rings. The van der Waals surface area contributed by atoms with E-state index in [9.17, 15) is 4.79 Å². The molecule has 2 rings (SSSR count). The van der Waals surface area contributed by atoms with Crippen LogP contribution >= 0.6 is 0 Å². The van der Waals surface area contributed by atoms with Gasteiger partial charge in [-0.3, -0.25) is 4.79 Å². The second-order valence-corrected chi connectivity index (χ2v) is 4.19. The molecule has 5 nitrogen and oxygen atoms in total. The summed E-state index contributed by atoms with van der Waals surface area (Å²) in [5, 5.41) is 2.91. The summed E-state index contributed by atoms with van der Waals surface area (Å²) in [6.45, 7) is 5.84. The Labute approximate surface area is 101 Å². The molecule has 1 fully saturated rings. The second-order valence-electron chi connectivity index (χ2n) is 4.19. The van der Waals surface area contributed by atoms with Crippen LogP contribution in [-0.4, -0.2) is 35.0 Å². The summed E-state index contributed by atoms with van der Waals surface area (Å²) in [7, 11) is 0. The lowest BCUT2D eigenvalue weighted by molar-refractivity contribution is 0.0950. The summed E-state index contributed by atoms with van der Waals surface area (Å²) in [6, 6.07) is 0.366. The molecule has 0 saturated heterocycles. The first kappa shape index (κ1) is 11.8. The number of nitrogens with zero attached hydrogens (tertiary/aromatic N) is 3. The normalized spacial score (nSPS) is 14.5. The van der Waals surface area contributed by atoms with Crippen LogP contribution in [0.2, 0.25) is 0 Å². The first-order valence-electron chi connectivity index (χ1n) is 6.12. The molecule has 92 valence electrons. The molecule has 1 saturated carbocycles. The topological polar surface area (TPSA) is 58.1 Å². The number of anilines is 1. The molecule has 17 heavy (non-hydrogen) atoms. The molecule has 0 radical (unpaired) electrons. The molecule has 1 aromatic rings. The average Bonchev–Trinajstić information content (AvgIpc) is 3.15. The quantitative estimate of drug-likeness (QED) is 0.832. The third kappa shape index (κ3) is 2.93. The van der Waals surface area contributed by atoms with Gasteiger partial charge in [-0.1, -0.05) is 0 Å². The zero-order valence-electron chi connectivity index (χ0n) is 10.3. The van der Waals surface area contributed by atoms with Crippen molar-refractivity contribution >= 4 is 11.9 Å². The van der Waals surface area contributed by atoms with Crippen molar-refractivity contribution in [3.05, 3.63) is 18.0 Å². The molecule has 1 N–H and O–H groups in total. The SMILES string of the molecule is CCN(CC)c1ncc(C(=O)NC2CC2)cn1. The fourth-order valence-electron chi connectivity index (χ4n) is 1.60. The monoisotopic (exact) mass is 234 g/mol. The van der Waals surface area contributed by atoms with Gasteiger partial charge < -0.3 is 10.2 Å². The molecule has 1 aliphatic carbocycles. The highest BCUT2D eigenvalue weighted by atomic mass is 16.1. The minimum atomic E-state index is -0.0707. The fraction of sp³-hybridized carbons (Fsp3) is 0.583. The summed E-state index contributed by atoms with van der Waals surface area (Å²) in [5.41, 5.74) is 0.535. The van der Waals surface area contributed by atoms with Gasteiger partial charge in [0.15, 0.2) is 0 Å². The van der Waals surface area contributed by atoms with E-state index in [0.717, 1.165) is 25.9 Å². The van der Waals surface area contributed by atoms with E-state index in [1.165, 1.54) is 0 Å². The lowest BCUT2D eigenvalue weighted by atomic mass is 10.3. The van der Waals surface area contributed by atoms with Gasteiger partial charge in [0.25, 0.3) is 5.91 Å². The molecular weight excluding hydrogens is 216 g/mol. The number of nitrogens with one attached hydrogen (secondary N) is 1. The molecule has 5 heteroatoms. The molecule has 1 heterocycles. The highest BCUT2D eigenvalue weighted by Crippen LogP contribution is 2.19. The Hall–Kier alpha value is -1.65. The van der Waals surface area contributed by atoms with Gasteiger partial charge in [-0.15, -0.1) is 0 Å². The molecule has 0 atom stereocenters. The first-order chi connectivity index (χ1) is 8.24. The number of carbonyl (C=O) groups is 1. The molecule has 0 aliphatic heterocycles. The Kier molecular flexibility index (Phi) is 3.56. The van der Waals surface area contributed by atoms with E-state index in [1.54, 1.807) is 12.4 Å². The van der Waals surface area contributed by atoms with Crippen molar-refractivity contribution in [3.63, 3.8) is 0 Å². The number of amides is 1. The lowest BCUT2D eigenvalue weighted by Gasteiger charge is -2.17. The number of rotatable bonds is 5. The summed E-state index contributed by atoms with van der Waals surface area (Å²) < 4.78 is 0. The minimum absolute atomic E-state index is 0.0707. The number of hydrogen-bond donors (Lipinski definition) is 1. The fourth-order valence-corrected chi connectivity index (χ4v) is 1.60. The second kappa shape index (κ2) is 5.12. The van der Waals surface area contributed by atoms with E-state index in [0.29, 0.717) is 17.6 Å². The lowest BCUT2D eigenvalue weighted by Crippen LogP contribution is -2.27. The van der Waals surface area contributed by atoms with Gasteiger partial charge in [0.2, 0.25) is 5.95 Å². The van der Waals surface area contributed by atoms with Gasteiger partial charge in [-0.25, -0.2) is 9.97 Å². The van der Waals surface area contributed by atoms with Crippen LogP contribution in [-0.2, 0) is 0 Å². The summed E-state index contributed by atoms with van der Waals surface area (Å²) in [5.74, 6) is 0.608. The maximum Gasteiger partial charge on any atom is 0.254 e. The van der Waals surface area contributed by atoms with Crippen molar-refractivity contribution in [2.75, 3.05) is 18.0 Å². The summed E-state index contributed by atoms with van der Waals surface area (Å²) in [4.78, 5) is 22.2. The van der Waals surface area contributed by atoms with E-state index >= 15 is 0 Å². The van der Waals surface area contributed by atoms with Crippen molar-refractivity contribution in [2.24, 2.45) is 0 Å². The standard InChI is InChI=1S/C12H18N4O/c1-3-16(4-2)12-13-7-9(8-14-12)11(17)15-10-5-6-10/h7-8,10H,3-6H2,1-2H3,(H,15,17). The van der Waals surface area contributed by atoms with Crippen molar-refractivity contribution < 1.29 is 4.79 Å². The van der Waals surface area contributed by atoms with E-state index in [2.05, 4.69) is 29.1 Å². The van der Waals surface area contributed by atoms with E-state index in [-0.39, 0.29) is 5.91 Å². The zero-order chi connectivity index (χ0) is 12.3. The highest BCUT2D eigenvalue weighted by Gasteiger charge is 2.24. The van der Waals surface area contributed by atoms with Gasteiger partial charge in [-0.05, 0) is 26.7 Å². The van der Waals surface area contributed by atoms with Crippen molar-refractivity contribution in [3.8, 4) is 0 Å². The van der Waals surface area contributed by atoms with Crippen LogP contribution in [0.15, 0.2) is 12.4 Å². The minimum Gasteiger partial charge on any atom is -0.349 e. The van der Waals surface area contributed by atoms with Gasteiger partial charge in [0.1, 0.15) is 0 Å². The predicted molar refractivity (Wildman–Crippen MR) is 66.1 cm³/mol. The van der Waals surface area contributed by atoms with E-state index < -0.39 is 0 Å². The zero-order valence-corrected chi connectivity index (χ0v) is 10.3. The Balaban J connectivity index is 2.03. The van der Waals surface area contributed by atoms with Crippen LogP contribution in [0, 0.1) is 0 Å². The molecular formula is C12H18N4O. The number of carbonyl (C=O) groups excluding carboxylic acids is 1. The highest BCUT2D eigenvalue weighted by molar-refractivity contribution is 5.94. The third-order valence-electron chi connectivity index (χ3n) is 2.86. The Morgan fingerprint density at radius 1 is 1.35 bits per heavy atom. The van der Waals surface area contributed by atoms with E-state index in [1.807, 2.05) is 4.90 Å². The van der Waals surface area contributed by atoms with Crippen molar-refractivity contribution in [2.45, 2.75) is 32.7 Å². The third-order valence-corrected chi connectivity index (χ3v) is 2.86. The molecule has 1 amide bonds. The van der Waals surface area contributed by atoms with Crippen LogP contribution in [0.4, 0.5) is 5.95 Å². The van der Waals surface area contributed by atoms with Gasteiger partial charge in [0.05, 0.1) is 5.56 Å². The van der Waals surface area contributed by atoms with Crippen LogP contribution in [0.1, 0.15) is 37.0 Å². The van der Waals surface area contributed by atoms with Gasteiger partial charge in [0, 0.05) is 31.5 Å². The van der Waals surface area contributed by atoms with Crippen LogP contribution in [0.25, 0.3) is 0 Å². The maximum atomic E-state index is 11.7.